The minimum absolute atomic E-state index is 0.665. The van der Waals surface area contributed by atoms with Crippen LogP contribution in [0.3, 0.4) is 0 Å². The van der Waals surface area contributed by atoms with Crippen LogP contribution in [0.1, 0.15) is 4.88 Å². The van der Waals surface area contributed by atoms with E-state index in [4.69, 9.17) is 5.73 Å². The Morgan fingerprint density at radius 3 is 2.47 bits per heavy atom. The monoisotopic (exact) mass is 274 g/mol. The fraction of sp³-hybridized carbons (Fsp3) is 0.357. The van der Waals surface area contributed by atoms with Gasteiger partial charge < -0.3 is 10.6 Å². The standard InChI is InChI=1S/C14H18N4S/c15-14-16-10-13(19-14)11-17-6-8-18(9-7-17)12-4-2-1-3-5-12/h1-5,10H,6-9,11H2,(H2,15,16). The average Bonchev–Trinajstić information content (AvgIpc) is 2.86. The van der Waals surface area contributed by atoms with Gasteiger partial charge >= 0.3 is 0 Å². The molecule has 2 aromatic rings. The summed E-state index contributed by atoms with van der Waals surface area (Å²) < 4.78 is 0. The summed E-state index contributed by atoms with van der Waals surface area (Å²) in [5.74, 6) is 0. The lowest BCUT2D eigenvalue weighted by Crippen LogP contribution is -2.45. The molecule has 0 saturated carbocycles. The number of rotatable bonds is 3. The minimum atomic E-state index is 0.665. The highest BCUT2D eigenvalue weighted by atomic mass is 32.1. The van der Waals surface area contributed by atoms with Crippen molar-refractivity contribution in [3.05, 3.63) is 41.4 Å². The number of hydrogen-bond donors (Lipinski definition) is 1. The number of para-hydroxylation sites is 1. The van der Waals surface area contributed by atoms with Crippen molar-refractivity contribution in [2.75, 3.05) is 36.8 Å². The van der Waals surface area contributed by atoms with Crippen LogP contribution in [-0.2, 0) is 6.54 Å². The van der Waals surface area contributed by atoms with Crippen LogP contribution < -0.4 is 10.6 Å². The van der Waals surface area contributed by atoms with Crippen molar-refractivity contribution < 1.29 is 0 Å². The number of hydrogen-bond acceptors (Lipinski definition) is 5. The van der Waals surface area contributed by atoms with Crippen LogP contribution in [0.25, 0.3) is 0 Å². The summed E-state index contributed by atoms with van der Waals surface area (Å²) in [5.41, 5.74) is 6.99. The Morgan fingerprint density at radius 1 is 1.11 bits per heavy atom. The zero-order valence-corrected chi connectivity index (χ0v) is 11.6. The van der Waals surface area contributed by atoms with E-state index in [1.807, 2.05) is 6.20 Å². The molecule has 2 N–H and O–H groups in total. The minimum Gasteiger partial charge on any atom is -0.375 e. The Kier molecular flexibility index (Phi) is 3.66. The summed E-state index contributed by atoms with van der Waals surface area (Å²) in [4.78, 5) is 10.3. The van der Waals surface area contributed by atoms with Gasteiger partial charge in [-0.1, -0.05) is 18.2 Å². The van der Waals surface area contributed by atoms with Gasteiger partial charge in [-0.3, -0.25) is 4.90 Å². The number of nitrogens with zero attached hydrogens (tertiary/aromatic N) is 3. The first-order chi connectivity index (χ1) is 9.31. The zero-order valence-electron chi connectivity index (χ0n) is 10.8. The van der Waals surface area contributed by atoms with Gasteiger partial charge in [0.25, 0.3) is 0 Å². The molecule has 0 bridgehead atoms. The van der Waals surface area contributed by atoms with E-state index in [0.717, 1.165) is 32.7 Å². The molecule has 0 unspecified atom stereocenters. The molecule has 0 spiro atoms. The summed E-state index contributed by atoms with van der Waals surface area (Å²) >= 11 is 1.59. The number of aromatic nitrogens is 1. The third kappa shape index (κ3) is 3.05. The summed E-state index contributed by atoms with van der Waals surface area (Å²) in [6, 6.07) is 10.6. The van der Waals surface area contributed by atoms with E-state index in [9.17, 15) is 0 Å². The van der Waals surface area contributed by atoms with Crippen molar-refractivity contribution in [1.82, 2.24) is 9.88 Å². The Labute approximate surface area is 117 Å². The second-order valence-corrected chi connectivity index (χ2v) is 5.91. The number of anilines is 2. The van der Waals surface area contributed by atoms with Gasteiger partial charge in [-0.2, -0.15) is 0 Å². The molecular formula is C14H18N4S. The summed E-state index contributed by atoms with van der Waals surface area (Å²) in [6.45, 7) is 5.31. The fourth-order valence-corrected chi connectivity index (χ4v) is 3.15. The molecule has 19 heavy (non-hydrogen) atoms. The second kappa shape index (κ2) is 5.59. The quantitative estimate of drug-likeness (QED) is 0.930. The summed E-state index contributed by atoms with van der Waals surface area (Å²) in [6.07, 6.45) is 1.89. The third-order valence-electron chi connectivity index (χ3n) is 3.44. The van der Waals surface area contributed by atoms with E-state index in [1.165, 1.54) is 10.6 Å². The van der Waals surface area contributed by atoms with Crippen LogP contribution in [0.5, 0.6) is 0 Å². The SMILES string of the molecule is Nc1ncc(CN2CCN(c3ccccc3)CC2)s1. The number of thiazole rings is 1. The molecule has 4 nitrogen and oxygen atoms in total. The Balaban J connectivity index is 1.55. The lowest BCUT2D eigenvalue weighted by atomic mass is 10.2. The van der Waals surface area contributed by atoms with Crippen molar-refractivity contribution in [1.29, 1.82) is 0 Å². The lowest BCUT2D eigenvalue weighted by Gasteiger charge is -2.35. The number of nitrogen functional groups attached to an aromatic ring is 1. The van der Waals surface area contributed by atoms with Crippen molar-refractivity contribution in [3.8, 4) is 0 Å². The molecule has 100 valence electrons. The summed E-state index contributed by atoms with van der Waals surface area (Å²) in [5, 5.41) is 0.665. The number of benzene rings is 1. The second-order valence-electron chi connectivity index (χ2n) is 4.76. The first-order valence-corrected chi connectivity index (χ1v) is 7.35. The van der Waals surface area contributed by atoms with Crippen LogP contribution in [0.15, 0.2) is 36.5 Å². The molecule has 0 radical (unpaired) electrons. The largest absolute Gasteiger partial charge is 0.375 e. The van der Waals surface area contributed by atoms with Crippen LogP contribution in [0, 0.1) is 0 Å². The maximum atomic E-state index is 5.66. The maximum Gasteiger partial charge on any atom is 0.180 e. The van der Waals surface area contributed by atoms with Crippen LogP contribution in [0.4, 0.5) is 10.8 Å². The highest BCUT2D eigenvalue weighted by molar-refractivity contribution is 7.15. The Hall–Kier alpha value is -1.59. The van der Waals surface area contributed by atoms with Crippen LogP contribution >= 0.6 is 11.3 Å². The molecule has 1 aromatic heterocycles. The van der Waals surface area contributed by atoms with Gasteiger partial charge in [-0.15, -0.1) is 11.3 Å². The van der Waals surface area contributed by atoms with E-state index in [2.05, 4.69) is 45.1 Å². The molecule has 0 amide bonds. The molecule has 5 heteroatoms. The molecule has 1 aliphatic rings. The summed E-state index contributed by atoms with van der Waals surface area (Å²) in [7, 11) is 0. The first kappa shape index (κ1) is 12.4. The molecule has 1 aromatic carbocycles. The smallest absolute Gasteiger partial charge is 0.180 e. The van der Waals surface area contributed by atoms with Crippen molar-refractivity contribution in [2.45, 2.75) is 6.54 Å². The van der Waals surface area contributed by atoms with Gasteiger partial charge in [0.2, 0.25) is 0 Å². The third-order valence-corrected chi connectivity index (χ3v) is 4.26. The van der Waals surface area contributed by atoms with Gasteiger partial charge in [-0.05, 0) is 12.1 Å². The Bertz CT molecular complexity index is 517. The van der Waals surface area contributed by atoms with E-state index in [0.29, 0.717) is 5.13 Å². The highest BCUT2D eigenvalue weighted by Gasteiger charge is 2.17. The molecular weight excluding hydrogens is 256 g/mol. The molecule has 1 fully saturated rings. The van der Waals surface area contributed by atoms with E-state index >= 15 is 0 Å². The fourth-order valence-electron chi connectivity index (χ4n) is 2.42. The van der Waals surface area contributed by atoms with Crippen molar-refractivity contribution in [2.24, 2.45) is 0 Å². The highest BCUT2D eigenvalue weighted by Crippen LogP contribution is 2.19. The lowest BCUT2D eigenvalue weighted by molar-refractivity contribution is 0.252. The molecule has 2 heterocycles. The molecule has 1 aliphatic heterocycles. The predicted molar refractivity (Wildman–Crippen MR) is 80.5 cm³/mol. The molecule has 3 rings (SSSR count). The maximum absolute atomic E-state index is 5.66. The zero-order chi connectivity index (χ0) is 13.1. The van der Waals surface area contributed by atoms with Gasteiger partial charge in [-0.25, -0.2) is 4.98 Å². The first-order valence-electron chi connectivity index (χ1n) is 6.54. The van der Waals surface area contributed by atoms with E-state index in [1.54, 1.807) is 11.3 Å². The van der Waals surface area contributed by atoms with Crippen molar-refractivity contribution in [3.63, 3.8) is 0 Å². The predicted octanol–water partition coefficient (Wildman–Crippen LogP) is 2.05. The van der Waals surface area contributed by atoms with Crippen LogP contribution in [-0.4, -0.2) is 36.1 Å². The van der Waals surface area contributed by atoms with Gasteiger partial charge in [0.05, 0.1) is 0 Å². The topological polar surface area (TPSA) is 45.4 Å². The normalized spacial score (nSPS) is 16.7. The average molecular weight is 274 g/mol. The van der Waals surface area contributed by atoms with Crippen LogP contribution in [0.2, 0.25) is 0 Å². The van der Waals surface area contributed by atoms with E-state index in [-0.39, 0.29) is 0 Å². The van der Waals surface area contributed by atoms with E-state index < -0.39 is 0 Å². The Morgan fingerprint density at radius 2 is 1.84 bits per heavy atom. The number of piperazine rings is 1. The van der Waals surface area contributed by atoms with Gasteiger partial charge in [0.15, 0.2) is 5.13 Å². The van der Waals surface area contributed by atoms with Gasteiger partial charge in [0.1, 0.15) is 0 Å². The molecule has 0 aliphatic carbocycles. The molecule has 0 atom stereocenters. The number of nitrogens with two attached hydrogens (primary N) is 1. The van der Waals surface area contributed by atoms with Gasteiger partial charge in [0, 0.05) is 49.5 Å². The molecule has 1 saturated heterocycles. The van der Waals surface area contributed by atoms with Crippen molar-refractivity contribution >= 4 is 22.2 Å².